The third kappa shape index (κ3) is 3.49. The van der Waals surface area contributed by atoms with Crippen molar-refractivity contribution < 1.29 is 0 Å². The first-order chi connectivity index (χ1) is 15.2. The molecule has 4 heterocycles. The maximum Gasteiger partial charge on any atom is 0.192 e. The molecule has 0 aromatic carbocycles. The SMILES string of the molecule is C[C@@H]1CCc2c(sc3nc(CSc4nnc(-c5ccncc5)n4C4CC4)nc(N)c23)C1. The lowest BCUT2D eigenvalue weighted by molar-refractivity contribution is 0.509. The van der Waals surface area contributed by atoms with Gasteiger partial charge in [0.15, 0.2) is 11.0 Å². The standard InChI is InChI=1S/C22H23N7S2/c1-12-2-5-15-16(10-12)31-21-18(15)19(23)25-17(26-21)11-30-22-28-27-20(29(22)14-3-4-14)13-6-8-24-9-7-13/h6-9,12,14H,2-5,10-11H2,1H3,(H2,23,25,26)/t12-/m1/s1. The van der Waals surface area contributed by atoms with Crippen molar-refractivity contribution in [2.24, 2.45) is 5.92 Å². The topological polar surface area (TPSA) is 95.4 Å². The number of anilines is 1. The van der Waals surface area contributed by atoms with Crippen LogP contribution in [-0.4, -0.2) is 29.7 Å². The lowest BCUT2D eigenvalue weighted by Crippen LogP contribution is -2.09. The number of hydrogen-bond donors (Lipinski definition) is 1. The minimum absolute atomic E-state index is 0.472. The first-order valence-corrected chi connectivity index (χ1v) is 12.5. The maximum absolute atomic E-state index is 6.40. The number of aryl methyl sites for hydroxylation is 1. The molecule has 0 radical (unpaired) electrons. The molecule has 1 atom stereocenters. The van der Waals surface area contributed by atoms with Gasteiger partial charge in [0.1, 0.15) is 16.5 Å². The molecule has 0 spiro atoms. The Kier molecular flexibility index (Phi) is 4.68. The monoisotopic (exact) mass is 449 g/mol. The van der Waals surface area contributed by atoms with Crippen LogP contribution in [-0.2, 0) is 18.6 Å². The highest BCUT2D eigenvalue weighted by molar-refractivity contribution is 7.98. The van der Waals surface area contributed by atoms with E-state index in [1.54, 1.807) is 35.5 Å². The van der Waals surface area contributed by atoms with Gasteiger partial charge >= 0.3 is 0 Å². The number of thioether (sulfide) groups is 1. The second-order valence-corrected chi connectivity index (χ2v) is 10.5. The summed E-state index contributed by atoms with van der Waals surface area (Å²) in [6, 6.07) is 4.43. The molecular formula is C22H23N7S2. The van der Waals surface area contributed by atoms with Crippen LogP contribution in [0.5, 0.6) is 0 Å². The Hall–Kier alpha value is -2.52. The summed E-state index contributed by atoms with van der Waals surface area (Å²) < 4.78 is 2.26. The van der Waals surface area contributed by atoms with Crippen LogP contribution in [0, 0.1) is 5.92 Å². The first-order valence-electron chi connectivity index (χ1n) is 10.7. The van der Waals surface area contributed by atoms with Crippen molar-refractivity contribution in [2.75, 3.05) is 5.73 Å². The van der Waals surface area contributed by atoms with Crippen LogP contribution in [0.1, 0.15) is 48.5 Å². The number of pyridine rings is 1. The van der Waals surface area contributed by atoms with Crippen LogP contribution in [0.15, 0.2) is 29.7 Å². The van der Waals surface area contributed by atoms with E-state index in [0.29, 0.717) is 17.6 Å². The molecule has 2 aliphatic rings. The summed E-state index contributed by atoms with van der Waals surface area (Å²) in [6.45, 7) is 2.32. The molecule has 9 heteroatoms. The van der Waals surface area contributed by atoms with Gasteiger partial charge in [0.25, 0.3) is 0 Å². The molecule has 158 valence electrons. The molecule has 2 N–H and O–H groups in total. The van der Waals surface area contributed by atoms with Gasteiger partial charge in [0, 0.05) is 28.9 Å². The largest absolute Gasteiger partial charge is 0.383 e. The summed E-state index contributed by atoms with van der Waals surface area (Å²) in [5.41, 5.74) is 8.83. The van der Waals surface area contributed by atoms with Gasteiger partial charge < -0.3 is 5.73 Å². The third-order valence-corrected chi connectivity index (χ3v) is 8.16. The molecule has 1 fully saturated rings. The number of nitrogen functional groups attached to an aromatic ring is 1. The molecule has 0 aliphatic heterocycles. The Morgan fingerprint density at radius 2 is 2.00 bits per heavy atom. The van der Waals surface area contributed by atoms with Crippen molar-refractivity contribution in [3.8, 4) is 11.4 Å². The van der Waals surface area contributed by atoms with Gasteiger partial charge in [-0.3, -0.25) is 9.55 Å². The number of thiophene rings is 1. The minimum Gasteiger partial charge on any atom is -0.383 e. The molecule has 0 bridgehead atoms. The number of rotatable bonds is 5. The normalized spacial score (nSPS) is 18.4. The molecule has 0 saturated heterocycles. The summed E-state index contributed by atoms with van der Waals surface area (Å²) in [6.07, 6.45) is 9.34. The van der Waals surface area contributed by atoms with E-state index in [1.807, 2.05) is 12.1 Å². The van der Waals surface area contributed by atoms with Gasteiger partial charge in [0.05, 0.1) is 11.1 Å². The van der Waals surface area contributed by atoms with Crippen LogP contribution in [0.25, 0.3) is 21.6 Å². The van der Waals surface area contributed by atoms with Crippen molar-refractivity contribution in [2.45, 2.75) is 56.0 Å². The molecule has 0 unspecified atom stereocenters. The van der Waals surface area contributed by atoms with Crippen molar-refractivity contribution in [1.82, 2.24) is 29.7 Å². The zero-order valence-corrected chi connectivity index (χ0v) is 18.9. The fourth-order valence-corrected chi connectivity index (χ4v) is 6.62. The Morgan fingerprint density at radius 3 is 2.81 bits per heavy atom. The van der Waals surface area contributed by atoms with Crippen molar-refractivity contribution in [1.29, 1.82) is 0 Å². The van der Waals surface area contributed by atoms with Crippen LogP contribution >= 0.6 is 23.1 Å². The summed E-state index contributed by atoms with van der Waals surface area (Å²) in [7, 11) is 0. The highest BCUT2D eigenvalue weighted by Crippen LogP contribution is 2.42. The van der Waals surface area contributed by atoms with Crippen LogP contribution in [0.3, 0.4) is 0 Å². The summed E-state index contributed by atoms with van der Waals surface area (Å²) >= 11 is 3.43. The van der Waals surface area contributed by atoms with Crippen molar-refractivity contribution in [3.05, 3.63) is 40.8 Å². The van der Waals surface area contributed by atoms with E-state index in [1.165, 1.54) is 16.9 Å². The molecule has 31 heavy (non-hydrogen) atoms. The Morgan fingerprint density at radius 1 is 1.16 bits per heavy atom. The maximum atomic E-state index is 6.40. The highest BCUT2D eigenvalue weighted by atomic mass is 32.2. The van der Waals surface area contributed by atoms with Crippen LogP contribution in [0.4, 0.5) is 5.82 Å². The van der Waals surface area contributed by atoms with Crippen molar-refractivity contribution in [3.63, 3.8) is 0 Å². The van der Waals surface area contributed by atoms with E-state index in [2.05, 4.69) is 31.7 Å². The second kappa shape index (κ2) is 7.56. The number of fused-ring (bicyclic) bond motifs is 3. The second-order valence-electron chi connectivity index (χ2n) is 8.49. The summed E-state index contributed by atoms with van der Waals surface area (Å²) in [4.78, 5) is 16.1. The van der Waals surface area contributed by atoms with Gasteiger partial charge in [0.2, 0.25) is 0 Å². The van der Waals surface area contributed by atoms with Gasteiger partial charge in [-0.25, -0.2) is 9.97 Å². The number of aromatic nitrogens is 6. The lowest BCUT2D eigenvalue weighted by atomic mass is 9.89. The molecule has 7 nitrogen and oxygen atoms in total. The Balaban J connectivity index is 1.29. The molecular weight excluding hydrogens is 426 g/mol. The summed E-state index contributed by atoms with van der Waals surface area (Å²) in [5, 5.41) is 11.0. The van der Waals surface area contributed by atoms with E-state index in [-0.39, 0.29) is 0 Å². The fourth-order valence-electron chi connectivity index (χ4n) is 4.35. The molecule has 0 amide bonds. The van der Waals surface area contributed by atoms with E-state index >= 15 is 0 Å². The zero-order valence-electron chi connectivity index (χ0n) is 17.3. The van der Waals surface area contributed by atoms with E-state index in [4.69, 9.17) is 10.7 Å². The van der Waals surface area contributed by atoms with E-state index < -0.39 is 0 Å². The van der Waals surface area contributed by atoms with Gasteiger partial charge in [-0.05, 0) is 55.7 Å². The predicted molar refractivity (Wildman–Crippen MR) is 124 cm³/mol. The van der Waals surface area contributed by atoms with E-state index in [9.17, 15) is 0 Å². The Bertz CT molecular complexity index is 1260. The number of nitrogens with zero attached hydrogens (tertiary/aromatic N) is 6. The minimum atomic E-state index is 0.472. The van der Waals surface area contributed by atoms with Crippen LogP contribution in [0.2, 0.25) is 0 Å². The summed E-state index contributed by atoms with van der Waals surface area (Å²) in [5.74, 6) is 3.64. The van der Waals surface area contributed by atoms with Gasteiger partial charge in [-0.1, -0.05) is 18.7 Å². The molecule has 2 aliphatic carbocycles. The number of hydrogen-bond acceptors (Lipinski definition) is 8. The molecule has 4 aromatic heterocycles. The van der Waals surface area contributed by atoms with Crippen LogP contribution < -0.4 is 5.73 Å². The smallest absolute Gasteiger partial charge is 0.192 e. The van der Waals surface area contributed by atoms with E-state index in [0.717, 1.165) is 64.2 Å². The molecule has 6 rings (SSSR count). The highest BCUT2D eigenvalue weighted by Gasteiger charge is 2.30. The third-order valence-electron chi connectivity index (χ3n) is 6.07. The predicted octanol–water partition coefficient (Wildman–Crippen LogP) is 4.68. The molecule has 4 aromatic rings. The first kappa shape index (κ1) is 19.2. The quantitative estimate of drug-likeness (QED) is 0.442. The average Bonchev–Trinajstić information content (AvgIpc) is 3.41. The van der Waals surface area contributed by atoms with Gasteiger partial charge in [-0.2, -0.15) is 0 Å². The van der Waals surface area contributed by atoms with Crippen molar-refractivity contribution >= 4 is 39.1 Å². The van der Waals surface area contributed by atoms with Gasteiger partial charge in [-0.15, -0.1) is 21.5 Å². The molecule has 1 saturated carbocycles. The lowest BCUT2D eigenvalue weighted by Gasteiger charge is -2.17. The number of nitrogens with two attached hydrogens (primary N) is 1. The zero-order chi connectivity index (χ0) is 20.9. The average molecular weight is 450 g/mol. The fraction of sp³-hybridized carbons (Fsp3) is 0.409. The Labute approximate surface area is 188 Å².